The molecule has 2 N–H and O–H groups in total. The van der Waals surface area contributed by atoms with Gasteiger partial charge in [-0.05, 0) is 31.9 Å². The second-order valence-corrected chi connectivity index (χ2v) is 9.19. The highest BCUT2D eigenvalue weighted by molar-refractivity contribution is 8.01. The number of thioether (sulfide) groups is 1. The minimum atomic E-state index is -1.70. The average molecular weight is 475 g/mol. The smallest absolute Gasteiger partial charge is 0.317 e. The topological polar surface area (TPSA) is 93.2 Å². The Morgan fingerprint density at radius 3 is 2.68 bits per heavy atom. The number of ether oxygens (including phenoxy) is 1. The summed E-state index contributed by atoms with van der Waals surface area (Å²) < 4.78 is 45.4. The minimum Gasteiger partial charge on any atom is -0.452 e. The lowest BCUT2D eigenvalue weighted by atomic mass is 9.96. The molecule has 1 aromatic heterocycles. The van der Waals surface area contributed by atoms with Crippen LogP contribution in [0.15, 0.2) is 16.5 Å². The third-order valence-electron chi connectivity index (χ3n) is 4.62. The third-order valence-corrected chi connectivity index (χ3v) is 6.58. The van der Waals surface area contributed by atoms with E-state index in [0.29, 0.717) is 21.6 Å². The van der Waals surface area contributed by atoms with Crippen molar-refractivity contribution in [1.82, 2.24) is 10.2 Å². The zero-order chi connectivity index (χ0) is 22.4. The van der Waals surface area contributed by atoms with Gasteiger partial charge in [0.05, 0.1) is 11.4 Å². The summed E-state index contributed by atoms with van der Waals surface area (Å²) in [5.74, 6) is -6.27. The van der Waals surface area contributed by atoms with E-state index < -0.39 is 41.1 Å². The van der Waals surface area contributed by atoms with Gasteiger partial charge in [-0.2, -0.15) is 0 Å². The van der Waals surface area contributed by atoms with Gasteiger partial charge in [0, 0.05) is 6.04 Å². The number of hydrogen-bond acceptors (Lipinski definition) is 8. The number of benzene rings is 1. The molecule has 0 saturated heterocycles. The number of aromatic nitrogens is 2. The lowest BCUT2D eigenvalue weighted by molar-refractivity contribution is -0.150. The summed E-state index contributed by atoms with van der Waals surface area (Å²) in [7, 11) is 0. The first kappa shape index (κ1) is 23.3. The van der Waals surface area contributed by atoms with Crippen molar-refractivity contribution in [2.45, 2.75) is 55.5 Å². The maximum atomic E-state index is 13.6. The number of rotatable bonds is 8. The molecule has 1 heterocycles. The number of esters is 1. The largest absolute Gasteiger partial charge is 0.452 e. The van der Waals surface area contributed by atoms with Crippen molar-refractivity contribution < 1.29 is 27.5 Å². The van der Waals surface area contributed by atoms with Gasteiger partial charge in [-0.1, -0.05) is 42.4 Å². The van der Waals surface area contributed by atoms with Crippen LogP contribution in [0.1, 0.15) is 39.0 Å². The Morgan fingerprint density at radius 2 is 1.94 bits per heavy atom. The van der Waals surface area contributed by atoms with Gasteiger partial charge in [0.1, 0.15) is 0 Å². The quantitative estimate of drug-likeness (QED) is 0.334. The zero-order valence-corrected chi connectivity index (χ0v) is 18.3. The highest BCUT2D eigenvalue weighted by Crippen LogP contribution is 2.28. The molecule has 0 unspecified atom stereocenters. The highest BCUT2D eigenvalue weighted by atomic mass is 32.2. The van der Waals surface area contributed by atoms with E-state index in [4.69, 9.17) is 4.74 Å². The molecule has 1 fully saturated rings. The van der Waals surface area contributed by atoms with Crippen LogP contribution in [0.3, 0.4) is 0 Å². The molecule has 0 bridgehead atoms. The molecular formula is C19H21F3N4O3S2. The molecule has 1 atom stereocenters. The van der Waals surface area contributed by atoms with Crippen LogP contribution in [-0.2, 0) is 14.3 Å². The van der Waals surface area contributed by atoms with Gasteiger partial charge in [-0.15, -0.1) is 10.2 Å². The number of halogens is 3. The fourth-order valence-electron chi connectivity index (χ4n) is 3.01. The van der Waals surface area contributed by atoms with Crippen molar-refractivity contribution in [3.05, 3.63) is 29.6 Å². The zero-order valence-electron chi connectivity index (χ0n) is 16.6. The average Bonchev–Trinajstić information content (AvgIpc) is 3.20. The van der Waals surface area contributed by atoms with Crippen LogP contribution in [0.2, 0.25) is 0 Å². The van der Waals surface area contributed by atoms with E-state index in [-0.39, 0.29) is 5.75 Å². The van der Waals surface area contributed by atoms with E-state index in [9.17, 15) is 22.8 Å². The lowest BCUT2D eigenvalue weighted by Gasteiger charge is -2.21. The van der Waals surface area contributed by atoms with Crippen LogP contribution in [-0.4, -0.2) is 40.0 Å². The maximum absolute atomic E-state index is 13.6. The third kappa shape index (κ3) is 6.57. The van der Waals surface area contributed by atoms with Gasteiger partial charge in [0.25, 0.3) is 5.91 Å². The summed E-state index contributed by atoms with van der Waals surface area (Å²) in [6.45, 7) is 1.28. The summed E-state index contributed by atoms with van der Waals surface area (Å²) in [6, 6.07) is 1.95. The second kappa shape index (κ2) is 10.8. The summed E-state index contributed by atoms with van der Waals surface area (Å²) in [6.07, 6.45) is 4.57. The fraction of sp³-hybridized carbons (Fsp3) is 0.474. The van der Waals surface area contributed by atoms with Crippen molar-refractivity contribution in [3.63, 3.8) is 0 Å². The number of nitrogens with one attached hydrogen (secondary N) is 2. The molecule has 168 valence electrons. The highest BCUT2D eigenvalue weighted by Gasteiger charge is 2.22. The van der Waals surface area contributed by atoms with Crippen LogP contribution >= 0.6 is 23.1 Å². The number of nitrogens with zero attached hydrogens (tertiary/aromatic N) is 2. The van der Waals surface area contributed by atoms with Crippen LogP contribution in [0, 0.1) is 17.5 Å². The Bertz CT molecular complexity index is 938. The van der Waals surface area contributed by atoms with Gasteiger partial charge < -0.3 is 15.4 Å². The SMILES string of the molecule is C[C@@H](OC(=O)CSc1nnc(NC2CCCCC2)s1)C(=O)Nc1ccc(F)c(F)c1F. The molecule has 1 aromatic carbocycles. The van der Waals surface area contributed by atoms with E-state index in [2.05, 4.69) is 20.8 Å². The van der Waals surface area contributed by atoms with Crippen molar-refractivity contribution >= 4 is 45.8 Å². The van der Waals surface area contributed by atoms with Crippen LogP contribution in [0.5, 0.6) is 0 Å². The molecule has 2 aromatic rings. The summed E-state index contributed by atoms with van der Waals surface area (Å²) in [4.78, 5) is 24.1. The molecule has 3 rings (SSSR count). The van der Waals surface area contributed by atoms with Gasteiger partial charge >= 0.3 is 5.97 Å². The molecule has 7 nitrogen and oxygen atoms in total. The molecule has 1 amide bonds. The van der Waals surface area contributed by atoms with Crippen LogP contribution in [0.4, 0.5) is 24.0 Å². The Labute approximate surface area is 185 Å². The molecule has 31 heavy (non-hydrogen) atoms. The van der Waals surface area contributed by atoms with E-state index >= 15 is 0 Å². The van der Waals surface area contributed by atoms with Crippen LogP contribution in [0.25, 0.3) is 0 Å². The van der Waals surface area contributed by atoms with E-state index in [1.807, 2.05) is 0 Å². The van der Waals surface area contributed by atoms with E-state index in [1.165, 1.54) is 37.5 Å². The van der Waals surface area contributed by atoms with Crippen molar-refractivity contribution in [1.29, 1.82) is 0 Å². The van der Waals surface area contributed by atoms with Crippen molar-refractivity contribution in [2.75, 3.05) is 16.4 Å². The Hall–Kier alpha value is -2.34. The molecule has 12 heteroatoms. The fourth-order valence-corrected chi connectivity index (χ4v) is 4.62. The number of carbonyl (C=O) groups is 2. The van der Waals surface area contributed by atoms with E-state index in [1.54, 1.807) is 0 Å². The molecule has 1 aliphatic rings. The molecule has 0 spiro atoms. The van der Waals surface area contributed by atoms with Gasteiger partial charge in [-0.25, -0.2) is 13.2 Å². The van der Waals surface area contributed by atoms with Crippen molar-refractivity contribution in [3.8, 4) is 0 Å². The Kier molecular flexibility index (Phi) is 8.13. The summed E-state index contributed by atoms with van der Waals surface area (Å²) in [5, 5.41) is 14.2. The Morgan fingerprint density at radius 1 is 1.19 bits per heavy atom. The van der Waals surface area contributed by atoms with E-state index in [0.717, 1.165) is 30.7 Å². The van der Waals surface area contributed by atoms with Gasteiger partial charge in [0.15, 0.2) is 27.9 Å². The molecule has 1 saturated carbocycles. The lowest BCUT2D eigenvalue weighted by Crippen LogP contribution is -2.31. The minimum absolute atomic E-state index is 0.102. The van der Waals surface area contributed by atoms with Gasteiger partial charge in [0.2, 0.25) is 5.13 Å². The maximum Gasteiger partial charge on any atom is 0.317 e. The summed E-state index contributed by atoms with van der Waals surface area (Å²) in [5.41, 5.74) is -0.548. The number of anilines is 2. The number of hydrogen-bond donors (Lipinski definition) is 2. The second-order valence-electron chi connectivity index (χ2n) is 6.99. The van der Waals surface area contributed by atoms with Crippen molar-refractivity contribution in [2.24, 2.45) is 0 Å². The predicted molar refractivity (Wildman–Crippen MR) is 112 cm³/mol. The molecule has 0 aliphatic heterocycles. The molecular weight excluding hydrogens is 453 g/mol. The first-order valence-electron chi connectivity index (χ1n) is 9.70. The first-order chi connectivity index (χ1) is 14.8. The first-order valence-corrected chi connectivity index (χ1v) is 11.5. The number of carbonyl (C=O) groups excluding carboxylic acids is 2. The monoisotopic (exact) mass is 474 g/mol. The number of amides is 1. The Balaban J connectivity index is 1.44. The molecule has 1 aliphatic carbocycles. The van der Waals surface area contributed by atoms with Gasteiger partial charge in [-0.3, -0.25) is 9.59 Å². The predicted octanol–water partition coefficient (Wildman–Crippen LogP) is 4.36. The standard InChI is InChI=1S/C19H21F3N4O3S2/c1-10(17(28)24-13-8-7-12(20)15(21)16(13)22)29-14(27)9-30-19-26-25-18(31-19)23-11-5-3-2-4-6-11/h7-8,10-11H,2-6,9H2,1H3,(H,23,25)(H,24,28)/t10-/m1/s1. The molecule has 0 radical (unpaired) electrons. The normalized spacial score (nSPS) is 15.4. The summed E-state index contributed by atoms with van der Waals surface area (Å²) >= 11 is 2.46. The van der Waals surface area contributed by atoms with Crippen LogP contribution < -0.4 is 10.6 Å².